The van der Waals surface area contributed by atoms with E-state index < -0.39 is 0 Å². The summed E-state index contributed by atoms with van der Waals surface area (Å²) in [7, 11) is 1.57. The van der Waals surface area contributed by atoms with Crippen molar-refractivity contribution in [1.82, 2.24) is 0 Å². The van der Waals surface area contributed by atoms with Crippen LogP contribution in [0.15, 0.2) is 72.8 Å². The van der Waals surface area contributed by atoms with Crippen molar-refractivity contribution in [2.45, 2.75) is 5.37 Å². The van der Waals surface area contributed by atoms with Gasteiger partial charge in [-0.25, -0.2) is 4.39 Å². The summed E-state index contributed by atoms with van der Waals surface area (Å²) in [5.74, 6) is 0.465. The summed E-state index contributed by atoms with van der Waals surface area (Å²) < 4.78 is 18.4. The minimum Gasteiger partial charge on any atom is -0.497 e. The Morgan fingerprint density at radius 1 is 1.03 bits per heavy atom. The smallest absolute Gasteiger partial charge is 0.255 e. The van der Waals surface area contributed by atoms with Crippen molar-refractivity contribution in [1.29, 1.82) is 0 Å². The van der Waals surface area contributed by atoms with Gasteiger partial charge in [-0.3, -0.25) is 14.5 Å². The number of ether oxygens (including phenoxy) is 1. The number of rotatable bonds is 5. The van der Waals surface area contributed by atoms with E-state index in [0.29, 0.717) is 28.4 Å². The number of anilines is 2. The van der Waals surface area contributed by atoms with Gasteiger partial charge in [-0.2, -0.15) is 0 Å². The maximum atomic E-state index is 13.3. The second-order valence-electron chi connectivity index (χ2n) is 6.71. The Labute approximate surface area is 177 Å². The van der Waals surface area contributed by atoms with E-state index >= 15 is 0 Å². The first-order valence-electron chi connectivity index (χ1n) is 9.30. The molecular formula is C23H19FN2O3S. The lowest BCUT2D eigenvalue weighted by atomic mass is 10.1. The van der Waals surface area contributed by atoms with Gasteiger partial charge < -0.3 is 10.1 Å². The molecule has 1 N–H and O–H groups in total. The Balaban J connectivity index is 1.49. The third-order valence-corrected chi connectivity index (χ3v) is 5.99. The van der Waals surface area contributed by atoms with Gasteiger partial charge in [0.05, 0.1) is 12.9 Å². The Kier molecular flexibility index (Phi) is 5.72. The molecule has 0 bridgehead atoms. The van der Waals surface area contributed by atoms with Crippen molar-refractivity contribution in [2.75, 3.05) is 23.1 Å². The maximum absolute atomic E-state index is 13.3. The number of benzene rings is 3. The number of halogens is 1. The molecule has 0 radical (unpaired) electrons. The molecule has 1 aliphatic heterocycles. The molecule has 3 aromatic rings. The van der Waals surface area contributed by atoms with E-state index in [0.717, 1.165) is 5.56 Å². The highest BCUT2D eigenvalue weighted by Crippen LogP contribution is 2.41. The largest absolute Gasteiger partial charge is 0.497 e. The average Bonchev–Trinajstić information content (AvgIpc) is 3.16. The lowest BCUT2D eigenvalue weighted by molar-refractivity contribution is -0.115. The van der Waals surface area contributed by atoms with Crippen LogP contribution in [0, 0.1) is 5.82 Å². The average molecular weight is 422 g/mol. The highest BCUT2D eigenvalue weighted by atomic mass is 32.2. The standard InChI is InChI=1S/C23H19FN2O3S/c1-29-20-12-4-15(5-13-20)22(28)25-18-8-2-16(3-9-18)23-26(21(27)14-30-23)19-10-6-17(24)7-11-19/h2-13,23H,14H2,1H3,(H,25,28). The van der Waals surface area contributed by atoms with E-state index in [1.807, 2.05) is 24.3 Å². The first kappa shape index (κ1) is 20.0. The van der Waals surface area contributed by atoms with E-state index in [1.54, 1.807) is 48.4 Å². The van der Waals surface area contributed by atoms with Crippen molar-refractivity contribution in [3.8, 4) is 5.75 Å². The lowest BCUT2D eigenvalue weighted by Crippen LogP contribution is -2.27. The molecule has 152 valence electrons. The van der Waals surface area contributed by atoms with E-state index in [-0.39, 0.29) is 23.0 Å². The maximum Gasteiger partial charge on any atom is 0.255 e. The van der Waals surface area contributed by atoms with Gasteiger partial charge in [-0.05, 0) is 66.2 Å². The highest BCUT2D eigenvalue weighted by molar-refractivity contribution is 8.00. The van der Waals surface area contributed by atoms with Crippen LogP contribution in [0.4, 0.5) is 15.8 Å². The van der Waals surface area contributed by atoms with E-state index in [2.05, 4.69) is 5.32 Å². The monoisotopic (exact) mass is 422 g/mol. The van der Waals surface area contributed by atoms with Gasteiger partial charge in [0, 0.05) is 16.9 Å². The number of nitrogens with one attached hydrogen (secondary N) is 1. The third kappa shape index (κ3) is 4.16. The van der Waals surface area contributed by atoms with Crippen LogP contribution in [-0.4, -0.2) is 24.7 Å². The molecular weight excluding hydrogens is 403 g/mol. The molecule has 1 aliphatic rings. The molecule has 7 heteroatoms. The molecule has 1 unspecified atom stereocenters. The number of carbonyl (C=O) groups excluding carboxylic acids is 2. The summed E-state index contributed by atoms with van der Waals surface area (Å²) >= 11 is 1.51. The van der Waals surface area contributed by atoms with Gasteiger partial charge in [0.2, 0.25) is 5.91 Å². The molecule has 1 fully saturated rings. The van der Waals surface area contributed by atoms with Gasteiger partial charge in [0.25, 0.3) is 5.91 Å². The normalized spacial score (nSPS) is 15.9. The zero-order valence-corrected chi connectivity index (χ0v) is 17.0. The van der Waals surface area contributed by atoms with Crippen LogP contribution >= 0.6 is 11.8 Å². The van der Waals surface area contributed by atoms with Crippen molar-refractivity contribution < 1.29 is 18.7 Å². The number of thioether (sulfide) groups is 1. The molecule has 3 aromatic carbocycles. The van der Waals surface area contributed by atoms with Crippen molar-refractivity contribution in [3.63, 3.8) is 0 Å². The molecule has 1 atom stereocenters. The van der Waals surface area contributed by atoms with Gasteiger partial charge in [-0.15, -0.1) is 11.8 Å². The summed E-state index contributed by atoms with van der Waals surface area (Å²) in [5.41, 5.74) is 2.77. The molecule has 0 saturated carbocycles. The van der Waals surface area contributed by atoms with Gasteiger partial charge in [-0.1, -0.05) is 12.1 Å². The zero-order chi connectivity index (χ0) is 21.1. The molecule has 0 aromatic heterocycles. The molecule has 5 nitrogen and oxygen atoms in total. The molecule has 1 saturated heterocycles. The van der Waals surface area contributed by atoms with Crippen LogP contribution in [0.3, 0.4) is 0 Å². The van der Waals surface area contributed by atoms with Crippen molar-refractivity contribution in [3.05, 3.63) is 89.7 Å². The predicted octanol–water partition coefficient (Wildman–Crippen LogP) is 4.87. The molecule has 0 spiro atoms. The van der Waals surface area contributed by atoms with Crippen LogP contribution in [0.5, 0.6) is 5.75 Å². The number of carbonyl (C=O) groups is 2. The Hall–Kier alpha value is -3.32. The van der Waals surface area contributed by atoms with Crippen LogP contribution in [-0.2, 0) is 4.79 Å². The summed E-state index contributed by atoms with van der Waals surface area (Å²) in [6.45, 7) is 0. The summed E-state index contributed by atoms with van der Waals surface area (Å²) in [5, 5.41) is 2.66. The fourth-order valence-electron chi connectivity index (χ4n) is 3.23. The number of hydrogen-bond acceptors (Lipinski definition) is 4. The number of hydrogen-bond donors (Lipinski definition) is 1. The second-order valence-corrected chi connectivity index (χ2v) is 7.78. The van der Waals surface area contributed by atoms with Crippen LogP contribution in [0.1, 0.15) is 21.3 Å². The Bertz CT molecular complexity index is 1050. The zero-order valence-electron chi connectivity index (χ0n) is 16.2. The quantitative estimate of drug-likeness (QED) is 0.638. The number of nitrogens with zero attached hydrogens (tertiary/aromatic N) is 1. The fraction of sp³-hybridized carbons (Fsp3) is 0.130. The highest BCUT2D eigenvalue weighted by Gasteiger charge is 2.34. The van der Waals surface area contributed by atoms with Crippen LogP contribution in [0.2, 0.25) is 0 Å². The topological polar surface area (TPSA) is 58.6 Å². The van der Waals surface area contributed by atoms with E-state index in [4.69, 9.17) is 4.74 Å². The summed E-state index contributed by atoms with van der Waals surface area (Å²) in [4.78, 5) is 26.5. The first-order chi connectivity index (χ1) is 14.5. The van der Waals surface area contributed by atoms with Gasteiger partial charge in [0.1, 0.15) is 16.9 Å². The minimum atomic E-state index is -0.341. The number of amides is 2. The molecule has 1 heterocycles. The van der Waals surface area contributed by atoms with Crippen LogP contribution < -0.4 is 15.0 Å². The second kappa shape index (κ2) is 8.59. The lowest BCUT2D eigenvalue weighted by Gasteiger charge is -2.24. The van der Waals surface area contributed by atoms with E-state index in [9.17, 15) is 14.0 Å². The first-order valence-corrected chi connectivity index (χ1v) is 10.3. The van der Waals surface area contributed by atoms with Crippen molar-refractivity contribution in [2.24, 2.45) is 0 Å². The van der Waals surface area contributed by atoms with Gasteiger partial charge in [0.15, 0.2) is 0 Å². The summed E-state index contributed by atoms with van der Waals surface area (Å²) in [6, 6.07) is 20.2. The molecule has 4 rings (SSSR count). The number of methoxy groups -OCH3 is 1. The fourth-order valence-corrected chi connectivity index (χ4v) is 4.41. The minimum absolute atomic E-state index is 0.0199. The SMILES string of the molecule is COc1ccc(C(=O)Nc2ccc(C3SCC(=O)N3c3ccc(F)cc3)cc2)cc1. The van der Waals surface area contributed by atoms with Crippen LogP contribution in [0.25, 0.3) is 0 Å². The van der Waals surface area contributed by atoms with Crippen molar-refractivity contribution >= 4 is 35.0 Å². The summed E-state index contributed by atoms with van der Waals surface area (Å²) in [6.07, 6.45) is 0. The molecule has 0 aliphatic carbocycles. The van der Waals surface area contributed by atoms with E-state index in [1.165, 1.54) is 23.9 Å². The predicted molar refractivity (Wildman–Crippen MR) is 116 cm³/mol. The molecule has 2 amide bonds. The molecule has 30 heavy (non-hydrogen) atoms. The van der Waals surface area contributed by atoms with Gasteiger partial charge >= 0.3 is 0 Å². The Morgan fingerprint density at radius 3 is 2.33 bits per heavy atom. The Morgan fingerprint density at radius 2 is 1.70 bits per heavy atom. The third-order valence-electron chi connectivity index (χ3n) is 4.78.